The first kappa shape index (κ1) is 10.1. The minimum atomic E-state index is 0.494. The van der Waals surface area contributed by atoms with Crippen molar-refractivity contribution in [2.75, 3.05) is 7.05 Å². The molecule has 3 heteroatoms. The Morgan fingerprint density at radius 2 is 2.29 bits per heavy atom. The molecule has 2 nitrogen and oxygen atoms in total. The third kappa shape index (κ3) is 1.69. The molecule has 0 aromatic rings. The minimum Gasteiger partial charge on any atom is -0.359 e. The van der Waals surface area contributed by atoms with Gasteiger partial charge in [0.05, 0.1) is 17.9 Å². The first-order valence-corrected chi connectivity index (χ1v) is 5.77. The van der Waals surface area contributed by atoms with E-state index >= 15 is 0 Å². The molecule has 0 aromatic carbocycles. The van der Waals surface area contributed by atoms with Gasteiger partial charge in [0.2, 0.25) is 0 Å². The quantitative estimate of drug-likeness (QED) is 0.530. The molecule has 78 valence electrons. The largest absolute Gasteiger partial charge is 0.359 e. The summed E-state index contributed by atoms with van der Waals surface area (Å²) >= 11 is 0. The van der Waals surface area contributed by atoms with Gasteiger partial charge >= 0.3 is 0 Å². The Balaban J connectivity index is 2.17. The van der Waals surface area contributed by atoms with Gasteiger partial charge in [-0.25, -0.2) is 0 Å². The summed E-state index contributed by atoms with van der Waals surface area (Å²) in [4.78, 5) is 7.17. The molecule has 0 aromatic heterocycles. The number of nitrogens with zero attached hydrogens (tertiary/aromatic N) is 2. The predicted octanol–water partition coefficient (Wildman–Crippen LogP) is 1.47. The molecule has 1 aliphatic carbocycles. The highest BCUT2D eigenvalue weighted by molar-refractivity contribution is 6.14. The summed E-state index contributed by atoms with van der Waals surface area (Å²) in [6.45, 7) is 4.53. The molecule has 0 bridgehead atoms. The van der Waals surface area contributed by atoms with E-state index in [1.807, 2.05) is 0 Å². The van der Waals surface area contributed by atoms with Gasteiger partial charge in [0, 0.05) is 7.05 Å². The molecular formula is C11H21BN2. The molecular weight excluding hydrogens is 171 g/mol. The number of rotatable bonds is 0. The van der Waals surface area contributed by atoms with Crippen LogP contribution in [0.15, 0.2) is 4.99 Å². The van der Waals surface area contributed by atoms with Gasteiger partial charge < -0.3 is 4.90 Å². The Kier molecular flexibility index (Phi) is 2.36. The molecule has 1 fully saturated rings. The summed E-state index contributed by atoms with van der Waals surface area (Å²) in [5, 5.41) is 0.494. The lowest BCUT2D eigenvalue weighted by atomic mass is 9.65. The van der Waals surface area contributed by atoms with Crippen molar-refractivity contribution in [1.29, 1.82) is 0 Å². The van der Waals surface area contributed by atoms with E-state index in [4.69, 9.17) is 4.99 Å². The molecule has 0 amide bonds. The van der Waals surface area contributed by atoms with Gasteiger partial charge in [-0.05, 0) is 19.8 Å². The van der Waals surface area contributed by atoms with E-state index in [0.717, 1.165) is 0 Å². The molecule has 1 saturated carbocycles. The smallest absolute Gasteiger partial charge is 0.109 e. The van der Waals surface area contributed by atoms with Gasteiger partial charge in [-0.3, -0.25) is 4.99 Å². The maximum Gasteiger partial charge on any atom is 0.109 e. The highest BCUT2D eigenvalue weighted by Crippen LogP contribution is 2.41. The summed E-state index contributed by atoms with van der Waals surface area (Å²) in [5.41, 5.74) is 0. The lowest BCUT2D eigenvalue weighted by molar-refractivity contribution is 0.329. The molecule has 0 saturated heterocycles. The maximum atomic E-state index is 4.79. The van der Waals surface area contributed by atoms with Crippen LogP contribution in [0.25, 0.3) is 0 Å². The molecule has 14 heavy (non-hydrogen) atoms. The SMILES string of the molecule is BC1(C)CCCC2[C@H](C1)N=C(C)N2C. The molecule has 0 spiro atoms. The third-order valence-corrected chi connectivity index (χ3v) is 3.92. The van der Waals surface area contributed by atoms with E-state index in [0.29, 0.717) is 17.4 Å². The van der Waals surface area contributed by atoms with Crippen LogP contribution in [0.3, 0.4) is 0 Å². The fourth-order valence-electron chi connectivity index (χ4n) is 2.94. The van der Waals surface area contributed by atoms with Crippen molar-refractivity contribution in [3.05, 3.63) is 0 Å². The van der Waals surface area contributed by atoms with Gasteiger partial charge in [-0.1, -0.05) is 25.1 Å². The Bertz CT molecular complexity index is 260. The zero-order valence-electron chi connectivity index (χ0n) is 9.88. The zero-order chi connectivity index (χ0) is 10.3. The molecule has 2 rings (SSSR count). The van der Waals surface area contributed by atoms with Crippen LogP contribution < -0.4 is 0 Å². The van der Waals surface area contributed by atoms with E-state index in [9.17, 15) is 0 Å². The second-order valence-corrected chi connectivity index (χ2v) is 5.68. The molecule has 3 atom stereocenters. The van der Waals surface area contributed by atoms with Crippen LogP contribution in [0.1, 0.15) is 39.5 Å². The van der Waals surface area contributed by atoms with Crippen molar-refractivity contribution in [3.8, 4) is 0 Å². The molecule has 1 aliphatic heterocycles. The summed E-state index contributed by atoms with van der Waals surface area (Å²) < 4.78 is 0. The van der Waals surface area contributed by atoms with Crippen LogP contribution in [0.2, 0.25) is 5.31 Å². The Morgan fingerprint density at radius 1 is 1.57 bits per heavy atom. The van der Waals surface area contributed by atoms with Crippen LogP contribution in [-0.2, 0) is 0 Å². The summed E-state index contributed by atoms with van der Waals surface area (Å²) in [5.74, 6) is 1.23. The van der Waals surface area contributed by atoms with Crippen LogP contribution >= 0.6 is 0 Å². The number of fused-ring (bicyclic) bond motifs is 1. The van der Waals surface area contributed by atoms with E-state index in [-0.39, 0.29) is 0 Å². The highest BCUT2D eigenvalue weighted by Gasteiger charge is 2.37. The van der Waals surface area contributed by atoms with Gasteiger partial charge in [-0.2, -0.15) is 0 Å². The summed E-state index contributed by atoms with van der Waals surface area (Å²) in [6.07, 6.45) is 5.31. The molecule has 0 N–H and O–H groups in total. The van der Waals surface area contributed by atoms with E-state index in [1.165, 1.54) is 31.5 Å². The van der Waals surface area contributed by atoms with Crippen molar-refractivity contribution in [3.63, 3.8) is 0 Å². The van der Waals surface area contributed by atoms with Crippen LogP contribution in [0.4, 0.5) is 0 Å². The number of hydrogen-bond acceptors (Lipinski definition) is 2. The van der Waals surface area contributed by atoms with Crippen molar-refractivity contribution in [2.45, 2.75) is 56.9 Å². The van der Waals surface area contributed by atoms with Crippen molar-refractivity contribution in [1.82, 2.24) is 4.90 Å². The van der Waals surface area contributed by atoms with Crippen molar-refractivity contribution >= 4 is 13.7 Å². The lowest BCUT2D eigenvalue weighted by Gasteiger charge is -2.26. The molecule has 2 unspecified atom stereocenters. The van der Waals surface area contributed by atoms with Crippen LogP contribution in [0, 0.1) is 0 Å². The number of amidine groups is 1. The molecule has 1 heterocycles. The summed E-state index contributed by atoms with van der Waals surface area (Å²) in [6, 6.07) is 1.26. The lowest BCUT2D eigenvalue weighted by Crippen LogP contribution is -2.35. The van der Waals surface area contributed by atoms with Crippen molar-refractivity contribution < 1.29 is 0 Å². The van der Waals surface area contributed by atoms with Crippen LogP contribution in [0.5, 0.6) is 0 Å². The third-order valence-electron chi connectivity index (χ3n) is 3.92. The van der Waals surface area contributed by atoms with Gasteiger partial charge in [-0.15, -0.1) is 0 Å². The summed E-state index contributed by atoms with van der Waals surface area (Å²) in [7, 11) is 4.58. The monoisotopic (exact) mass is 192 g/mol. The average molecular weight is 192 g/mol. The van der Waals surface area contributed by atoms with E-state index < -0.39 is 0 Å². The van der Waals surface area contributed by atoms with Gasteiger partial charge in [0.1, 0.15) is 7.85 Å². The number of likely N-dealkylation sites (N-methyl/N-ethyl adjacent to an activating group) is 1. The van der Waals surface area contributed by atoms with Gasteiger partial charge in [0.15, 0.2) is 0 Å². The normalized spacial score (nSPS) is 43.1. The zero-order valence-corrected chi connectivity index (χ0v) is 9.88. The number of aliphatic imine (C=N–C) groups is 1. The second kappa shape index (κ2) is 3.28. The topological polar surface area (TPSA) is 15.6 Å². The standard InChI is InChI=1S/C11H21BN2/c1-8-13-9-7-11(2,12)6-4-5-10(9)14(8)3/h9-10H,4-7,12H2,1-3H3/t9-,10?,11?/m0/s1. The average Bonchev–Trinajstić information content (AvgIpc) is 2.28. The molecule has 2 aliphatic rings. The van der Waals surface area contributed by atoms with Gasteiger partial charge in [0.25, 0.3) is 0 Å². The highest BCUT2D eigenvalue weighted by atomic mass is 15.3. The fraction of sp³-hybridized carbons (Fsp3) is 0.909. The predicted molar refractivity (Wildman–Crippen MR) is 63.8 cm³/mol. The second-order valence-electron chi connectivity index (χ2n) is 5.68. The van der Waals surface area contributed by atoms with Crippen molar-refractivity contribution in [2.24, 2.45) is 4.99 Å². The Hall–Kier alpha value is -0.465. The Morgan fingerprint density at radius 3 is 3.00 bits per heavy atom. The minimum absolute atomic E-state index is 0.494. The number of hydrogen-bond donors (Lipinski definition) is 0. The van der Waals surface area contributed by atoms with E-state index in [1.54, 1.807) is 0 Å². The first-order valence-electron chi connectivity index (χ1n) is 5.77. The molecule has 0 radical (unpaired) electrons. The van der Waals surface area contributed by atoms with Crippen LogP contribution in [-0.4, -0.2) is 37.7 Å². The first-order chi connectivity index (χ1) is 6.49. The maximum absolute atomic E-state index is 4.79. The van der Waals surface area contributed by atoms with E-state index in [2.05, 4.69) is 33.6 Å². The Labute approximate surface area is 88.2 Å². The fourth-order valence-corrected chi connectivity index (χ4v) is 2.94.